The summed E-state index contributed by atoms with van der Waals surface area (Å²) in [5.74, 6) is 4.94. The van der Waals surface area contributed by atoms with Crippen LogP contribution in [-0.2, 0) is 11.4 Å². The lowest BCUT2D eigenvalue weighted by atomic mass is 10.4. The van der Waals surface area contributed by atoms with E-state index in [-0.39, 0.29) is 12.7 Å². The number of hydrogen-bond donors (Lipinski definition) is 2. The number of aliphatic hydroxyl groups is 1. The minimum Gasteiger partial charge on any atom is -0.394 e. The number of aryl methyl sites for hydroxylation is 1. The van der Waals surface area contributed by atoms with Gasteiger partial charge in [-0.05, 0) is 13.0 Å². The first-order chi connectivity index (χ1) is 5.76. The van der Waals surface area contributed by atoms with Crippen molar-refractivity contribution in [1.82, 2.24) is 9.78 Å². The molecule has 0 fully saturated rings. The Labute approximate surface area is 70.7 Å². The van der Waals surface area contributed by atoms with E-state index < -0.39 is 0 Å². The van der Waals surface area contributed by atoms with Crippen LogP contribution < -0.4 is 5.90 Å². The van der Waals surface area contributed by atoms with Crippen LogP contribution in [0.5, 0.6) is 0 Å². The third-order valence-electron chi connectivity index (χ3n) is 1.56. The van der Waals surface area contributed by atoms with E-state index in [1.807, 2.05) is 19.2 Å². The molecule has 1 aromatic heterocycles. The topological polar surface area (TPSA) is 73.3 Å². The minimum atomic E-state index is -0.385. The van der Waals surface area contributed by atoms with Crippen LogP contribution in [0, 0.1) is 6.92 Å². The highest BCUT2D eigenvalue weighted by Crippen LogP contribution is 1.96. The van der Waals surface area contributed by atoms with E-state index in [0.29, 0.717) is 6.54 Å². The Hall–Kier alpha value is -0.910. The van der Waals surface area contributed by atoms with Crippen LogP contribution in [0.1, 0.15) is 5.69 Å². The molecule has 68 valence electrons. The van der Waals surface area contributed by atoms with Crippen molar-refractivity contribution in [3.63, 3.8) is 0 Å². The number of rotatable bonds is 4. The van der Waals surface area contributed by atoms with Gasteiger partial charge in [0.15, 0.2) is 0 Å². The molecule has 5 heteroatoms. The van der Waals surface area contributed by atoms with E-state index in [0.717, 1.165) is 5.69 Å². The first-order valence-electron chi connectivity index (χ1n) is 3.72. The second kappa shape index (κ2) is 4.20. The molecule has 3 N–H and O–H groups in total. The summed E-state index contributed by atoms with van der Waals surface area (Å²) in [6.45, 7) is 2.27. The fraction of sp³-hybridized carbons (Fsp3) is 0.571. The van der Waals surface area contributed by atoms with Crippen molar-refractivity contribution in [2.45, 2.75) is 19.6 Å². The largest absolute Gasteiger partial charge is 0.394 e. The van der Waals surface area contributed by atoms with Gasteiger partial charge in [-0.25, -0.2) is 5.90 Å². The number of nitrogens with zero attached hydrogens (tertiary/aromatic N) is 2. The summed E-state index contributed by atoms with van der Waals surface area (Å²) >= 11 is 0. The third kappa shape index (κ3) is 2.30. The molecule has 0 aliphatic heterocycles. The van der Waals surface area contributed by atoms with Crippen LogP contribution >= 0.6 is 0 Å². The molecule has 0 bridgehead atoms. The third-order valence-corrected chi connectivity index (χ3v) is 1.56. The average Bonchev–Trinajstić information content (AvgIpc) is 2.47. The maximum absolute atomic E-state index is 8.75. The smallest absolute Gasteiger partial charge is 0.121 e. The second-order valence-electron chi connectivity index (χ2n) is 2.62. The highest BCUT2D eigenvalue weighted by atomic mass is 16.6. The lowest BCUT2D eigenvalue weighted by molar-refractivity contribution is -0.0000678. The van der Waals surface area contributed by atoms with Crippen LogP contribution in [0.3, 0.4) is 0 Å². The lowest BCUT2D eigenvalue weighted by Crippen LogP contribution is -2.27. The van der Waals surface area contributed by atoms with Crippen molar-refractivity contribution in [3.05, 3.63) is 18.0 Å². The van der Waals surface area contributed by atoms with Gasteiger partial charge in [-0.2, -0.15) is 5.10 Å². The molecule has 1 heterocycles. The molecule has 1 aromatic rings. The number of hydrogen-bond acceptors (Lipinski definition) is 4. The molecule has 1 rings (SSSR count). The number of aliphatic hydroxyl groups excluding tert-OH is 1. The Morgan fingerprint density at radius 2 is 2.58 bits per heavy atom. The molecule has 0 unspecified atom stereocenters. The molecule has 0 radical (unpaired) electrons. The molecule has 12 heavy (non-hydrogen) atoms. The van der Waals surface area contributed by atoms with E-state index in [2.05, 4.69) is 9.94 Å². The summed E-state index contributed by atoms with van der Waals surface area (Å²) < 4.78 is 1.68. The molecule has 5 nitrogen and oxygen atoms in total. The molecular weight excluding hydrogens is 158 g/mol. The Morgan fingerprint density at radius 1 is 1.83 bits per heavy atom. The molecule has 0 spiro atoms. The standard InChI is InChI=1S/C7H13N3O2/c1-6-2-3-10(9-6)4-7(5-11)12-8/h2-3,7,11H,4-5,8H2,1H3/t7-/m0/s1. The lowest BCUT2D eigenvalue weighted by Gasteiger charge is -2.10. The van der Waals surface area contributed by atoms with Gasteiger partial charge in [-0.3, -0.25) is 9.52 Å². The van der Waals surface area contributed by atoms with Crippen molar-refractivity contribution >= 4 is 0 Å². The quantitative estimate of drug-likeness (QED) is 0.596. The van der Waals surface area contributed by atoms with Gasteiger partial charge in [0.1, 0.15) is 6.10 Å². The molecule has 0 saturated carbocycles. The SMILES string of the molecule is Cc1ccn(C[C@@H](CO)ON)n1. The molecular formula is C7H13N3O2. The van der Waals surface area contributed by atoms with Gasteiger partial charge in [-0.1, -0.05) is 0 Å². The van der Waals surface area contributed by atoms with Crippen molar-refractivity contribution in [2.24, 2.45) is 5.90 Å². The van der Waals surface area contributed by atoms with E-state index in [1.54, 1.807) is 4.68 Å². The first-order valence-corrected chi connectivity index (χ1v) is 3.72. The zero-order valence-corrected chi connectivity index (χ0v) is 6.97. The molecule has 0 saturated heterocycles. The zero-order chi connectivity index (χ0) is 8.97. The molecule has 0 aliphatic rings. The van der Waals surface area contributed by atoms with Crippen LogP contribution in [-0.4, -0.2) is 27.6 Å². The van der Waals surface area contributed by atoms with Gasteiger partial charge in [0, 0.05) is 6.20 Å². The van der Waals surface area contributed by atoms with Gasteiger partial charge in [0.05, 0.1) is 18.8 Å². The van der Waals surface area contributed by atoms with Gasteiger partial charge < -0.3 is 5.11 Å². The summed E-state index contributed by atoms with van der Waals surface area (Å²) in [6.07, 6.45) is 1.43. The average molecular weight is 171 g/mol. The summed E-state index contributed by atoms with van der Waals surface area (Å²) in [5, 5.41) is 12.9. The number of aromatic nitrogens is 2. The summed E-state index contributed by atoms with van der Waals surface area (Å²) in [4.78, 5) is 4.50. The Bertz CT molecular complexity index is 232. The minimum absolute atomic E-state index is 0.102. The predicted octanol–water partition coefficient (Wildman–Crippen LogP) is -0.557. The summed E-state index contributed by atoms with van der Waals surface area (Å²) in [6, 6.07) is 1.88. The van der Waals surface area contributed by atoms with Gasteiger partial charge >= 0.3 is 0 Å². The Kier molecular flexibility index (Phi) is 3.21. The number of nitrogens with two attached hydrogens (primary N) is 1. The van der Waals surface area contributed by atoms with E-state index in [9.17, 15) is 0 Å². The molecule has 0 aromatic carbocycles. The zero-order valence-electron chi connectivity index (χ0n) is 6.97. The maximum Gasteiger partial charge on any atom is 0.121 e. The summed E-state index contributed by atoms with van der Waals surface area (Å²) in [7, 11) is 0. The van der Waals surface area contributed by atoms with Gasteiger partial charge in [-0.15, -0.1) is 0 Å². The fourth-order valence-corrected chi connectivity index (χ4v) is 0.917. The van der Waals surface area contributed by atoms with Crippen LogP contribution in [0.25, 0.3) is 0 Å². The van der Waals surface area contributed by atoms with Crippen molar-refractivity contribution in [1.29, 1.82) is 0 Å². The highest BCUT2D eigenvalue weighted by Gasteiger charge is 2.07. The molecule has 0 amide bonds. The molecule has 1 atom stereocenters. The van der Waals surface area contributed by atoms with Gasteiger partial charge in [0.2, 0.25) is 0 Å². The van der Waals surface area contributed by atoms with Crippen molar-refractivity contribution in [3.8, 4) is 0 Å². The van der Waals surface area contributed by atoms with E-state index in [1.165, 1.54) is 0 Å². The second-order valence-corrected chi connectivity index (χ2v) is 2.62. The van der Waals surface area contributed by atoms with Gasteiger partial charge in [0.25, 0.3) is 0 Å². The van der Waals surface area contributed by atoms with Crippen LogP contribution in [0.4, 0.5) is 0 Å². The normalized spacial score (nSPS) is 13.2. The van der Waals surface area contributed by atoms with Crippen LogP contribution in [0.2, 0.25) is 0 Å². The van der Waals surface area contributed by atoms with E-state index >= 15 is 0 Å². The Morgan fingerprint density at radius 3 is 3.00 bits per heavy atom. The fourth-order valence-electron chi connectivity index (χ4n) is 0.917. The van der Waals surface area contributed by atoms with Crippen molar-refractivity contribution < 1.29 is 9.94 Å². The predicted molar refractivity (Wildman–Crippen MR) is 43.1 cm³/mol. The Balaban J connectivity index is 2.50. The monoisotopic (exact) mass is 171 g/mol. The summed E-state index contributed by atoms with van der Waals surface area (Å²) in [5.41, 5.74) is 0.934. The molecule has 0 aliphatic carbocycles. The van der Waals surface area contributed by atoms with E-state index in [4.69, 9.17) is 11.0 Å². The van der Waals surface area contributed by atoms with Crippen LogP contribution in [0.15, 0.2) is 12.3 Å². The maximum atomic E-state index is 8.75. The first kappa shape index (κ1) is 9.18. The van der Waals surface area contributed by atoms with Crippen molar-refractivity contribution in [2.75, 3.05) is 6.61 Å². The highest BCUT2D eigenvalue weighted by molar-refractivity contribution is 4.94.